The number of ether oxygens (including phenoxy) is 3. The molecule has 0 heterocycles. The van der Waals surface area contributed by atoms with E-state index in [1.54, 1.807) is 12.1 Å². The second-order valence-electron chi connectivity index (χ2n) is 5.43. The summed E-state index contributed by atoms with van der Waals surface area (Å²) in [6.07, 6.45) is 1.38. The Morgan fingerprint density at radius 2 is 1.61 bits per heavy atom. The molecule has 28 heavy (non-hydrogen) atoms. The highest BCUT2D eigenvalue weighted by Crippen LogP contribution is 2.33. The first-order valence-electron chi connectivity index (χ1n) is 8.14. The van der Waals surface area contributed by atoms with Gasteiger partial charge in [0, 0.05) is 17.2 Å². The summed E-state index contributed by atoms with van der Waals surface area (Å²) in [5.74, 6) is -0.0481. The normalized spacial score (nSPS) is 10.4. The number of nitrogens with one attached hydrogen (secondary N) is 2. The van der Waals surface area contributed by atoms with Crippen LogP contribution in [-0.4, -0.2) is 45.9 Å². The Morgan fingerprint density at radius 1 is 1.00 bits per heavy atom. The molecule has 2 amide bonds. The summed E-state index contributed by atoms with van der Waals surface area (Å²) in [5, 5.41) is 6.26. The van der Waals surface area contributed by atoms with E-state index in [1.165, 1.54) is 39.7 Å². The summed E-state index contributed by atoms with van der Waals surface area (Å²) < 4.78 is 28.5. The van der Waals surface area contributed by atoms with Crippen molar-refractivity contribution in [2.75, 3.05) is 27.9 Å². The summed E-state index contributed by atoms with van der Waals surface area (Å²) in [6.45, 7) is -0.295. The standard InChI is InChI=1S/C19H20FN3O5/c1-26-15-9-17(28-3)16(27-2)8-13(15)10-22-23-18(24)11-21-19(25)12-4-6-14(20)7-5-12/h4-10H,11H2,1-3H3,(H,21,25)(H,23,24)/b22-10+. The summed E-state index contributed by atoms with van der Waals surface area (Å²) in [6, 6.07) is 8.24. The second-order valence-corrected chi connectivity index (χ2v) is 5.43. The number of amides is 2. The van der Waals surface area contributed by atoms with E-state index in [-0.39, 0.29) is 12.1 Å². The highest BCUT2D eigenvalue weighted by molar-refractivity contribution is 5.96. The maximum Gasteiger partial charge on any atom is 0.259 e. The van der Waals surface area contributed by atoms with Gasteiger partial charge in [0.15, 0.2) is 11.5 Å². The average molecular weight is 389 g/mol. The fraction of sp³-hybridized carbons (Fsp3) is 0.211. The van der Waals surface area contributed by atoms with Gasteiger partial charge in [-0.15, -0.1) is 0 Å². The number of methoxy groups -OCH3 is 3. The zero-order valence-corrected chi connectivity index (χ0v) is 15.6. The molecule has 0 aliphatic carbocycles. The highest BCUT2D eigenvalue weighted by atomic mass is 19.1. The third-order valence-electron chi connectivity index (χ3n) is 3.64. The molecule has 0 atom stereocenters. The van der Waals surface area contributed by atoms with E-state index in [9.17, 15) is 14.0 Å². The van der Waals surface area contributed by atoms with Crippen LogP contribution in [0.15, 0.2) is 41.5 Å². The van der Waals surface area contributed by atoms with Crippen molar-refractivity contribution in [2.45, 2.75) is 0 Å². The molecule has 148 valence electrons. The van der Waals surface area contributed by atoms with Crippen LogP contribution < -0.4 is 25.0 Å². The summed E-state index contributed by atoms with van der Waals surface area (Å²) in [5.41, 5.74) is 3.09. The average Bonchev–Trinajstić information content (AvgIpc) is 2.72. The van der Waals surface area contributed by atoms with Gasteiger partial charge >= 0.3 is 0 Å². The van der Waals surface area contributed by atoms with Crippen LogP contribution in [0.25, 0.3) is 0 Å². The molecule has 2 rings (SSSR count). The van der Waals surface area contributed by atoms with Gasteiger partial charge in [-0.1, -0.05) is 0 Å². The topological polar surface area (TPSA) is 98.2 Å². The summed E-state index contributed by atoms with van der Waals surface area (Å²) in [7, 11) is 4.49. The van der Waals surface area contributed by atoms with Crippen LogP contribution in [0.3, 0.4) is 0 Å². The number of hydrogen-bond acceptors (Lipinski definition) is 6. The number of hydrogen-bond donors (Lipinski definition) is 2. The lowest BCUT2D eigenvalue weighted by Gasteiger charge is -2.11. The Kier molecular flexibility index (Phi) is 7.32. The van der Waals surface area contributed by atoms with Gasteiger partial charge in [0.05, 0.1) is 34.1 Å². The monoisotopic (exact) mass is 389 g/mol. The molecule has 0 radical (unpaired) electrons. The lowest BCUT2D eigenvalue weighted by molar-refractivity contribution is -0.120. The zero-order chi connectivity index (χ0) is 20.5. The molecule has 0 saturated heterocycles. The first-order chi connectivity index (χ1) is 13.5. The number of carbonyl (C=O) groups is 2. The van der Waals surface area contributed by atoms with Gasteiger partial charge < -0.3 is 19.5 Å². The molecule has 0 unspecified atom stereocenters. The number of halogens is 1. The minimum Gasteiger partial charge on any atom is -0.496 e. The van der Waals surface area contributed by atoms with Crippen molar-refractivity contribution >= 4 is 18.0 Å². The maximum absolute atomic E-state index is 12.9. The van der Waals surface area contributed by atoms with Crippen LogP contribution in [0, 0.1) is 5.82 Å². The molecule has 2 aromatic rings. The number of carbonyl (C=O) groups excluding carboxylic acids is 2. The van der Waals surface area contributed by atoms with Crippen molar-refractivity contribution in [2.24, 2.45) is 5.10 Å². The molecule has 2 N–H and O–H groups in total. The molecule has 9 heteroatoms. The molecular weight excluding hydrogens is 369 g/mol. The first kappa shape index (κ1) is 20.7. The van der Waals surface area contributed by atoms with Crippen LogP contribution in [0.4, 0.5) is 4.39 Å². The minimum atomic E-state index is -0.536. The van der Waals surface area contributed by atoms with E-state index in [4.69, 9.17) is 14.2 Å². The van der Waals surface area contributed by atoms with Gasteiger partial charge in [0.25, 0.3) is 11.8 Å². The zero-order valence-electron chi connectivity index (χ0n) is 15.6. The van der Waals surface area contributed by atoms with Crippen molar-refractivity contribution in [3.05, 3.63) is 53.3 Å². The smallest absolute Gasteiger partial charge is 0.259 e. The number of nitrogens with zero attached hydrogens (tertiary/aromatic N) is 1. The SMILES string of the molecule is COc1cc(OC)c(OC)cc1/C=N/NC(=O)CNC(=O)c1ccc(F)cc1. The molecule has 0 aromatic heterocycles. The largest absolute Gasteiger partial charge is 0.496 e. The summed E-state index contributed by atoms with van der Waals surface area (Å²) >= 11 is 0. The maximum atomic E-state index is 12.9. The van der Waals surface area contributed by atoms with E-state index in [0.717, 1.165) is 12.1 Å². The molecule has 0 aliphatic rings. The predicted octanol–water partition coefficient (Wildman–Crippen LogP) is 1.73. The molecule has 0 bridgehead atoms. The molecule has 2 aromatic carbocycles. The molecule has 0 aliphatic heterocycles. The Morgan fingerprint density at radius 3 is 2.21 bits per heavy atom. The van der Waals surface area contributed by atoms with Crippen molar-refractivity contribution in [1.82, 2.24) is 10.7 Å². The van der Waals surface area contributed by atoms with Crippen molar-refractivity contribution in [3.8, 4) is 17.2 Å². The van der Waals surface area contributed by atoms with Crippen molar-refractivity contribution < 1.29 is 28.2 Å². The van der Waals surface area contributed by atoms with Crippen molar-refractivity contribution in [1.29, 1.82) is 0 Å². The van der Waals surface area contributed by atoms with Crippen molar-refractivity contribution in [3.63, 3.8) is 0 Å². The molecule has 0 fully saturated rings. The van der Waals surface area contributed by atoms with Crippen LogP contribution in [0.2, 0.25) is 0 Å². The Hall–Kier alpha value is -3.62. The van der Waals surface area contributed by atoms with Gasteiger partial charge in [-0.2, -0.15) is 5.10 Å². The van der Waals surface area contributed by atoms with Crippen LogP contribution >= 0.6 is 0 Å². The van der Waals surface area contributed by atoms with E-state index in [2.05, 4.69) is 15.8 Å². The van der Waals surface area contributed by atoms with E-state index in [0.29, 0.717) is 22.8 Å². The quantitative estimate of drug-likeness (QED) is 0.529. The molecule has 8 nitrogen and oxygen atoms in total. The van der Waals surface area contributed by atoms with Gasteiger partial charge in [-0.05, 0) is 30.3 Å². The number of hydrazone groups is 1. The van der Waals surface area contributed by atoms with Crippen LogP contribution in [0.5, 0.6) is 17.2 Å². The lowest BCUT2D eigenvalue weighted by Crippen LogP contribution is -2.34. The van der Waals surface area contributed by atoms with E-state index >= 15 is 0 Å². The lowest BCUT2D eigenvalue weighted by atomic mass is 10.2. The third kappa shape index (κ3) is 5.44. The van der Waals surface area contributed by atoms with Crippen LogP contribution in [0.1, 0.15) is 15.9 Å². The number of rotatable bonds is 8. The minimum absolute atomic E-state index is 0.243. The summed E-state index contributed by atoms with van der Waals surface area (Å²) in [4.78, 5) is 23.7. The molecular formula is C19H20FN3O5. The second kappa shape index (κ2) is 9.91. The van der Waals surface area contributed by atoms with Gasteiger partial charge in [0.2, 0.25) is 0 Å². The molecule has 0 saturated carbocycles. The fourth-order valence-corrected chi connectivity index (χ4v) is 2.23. The Bertz CT molecular complexity index is 869. The first-order valence-corrected chi connectivity index (χ1v) is 8.14. The fourth-order valence-electron chi connectivity index (χ4n) is 2.23. The predicted molar refractivity (Wildman–Crippen MR) is 101 cm³/mol. The van der Waals surface area contributed by atoms with Gasteiger partial charge in [-0.25, -0.2) is 9.82 Å². The number of benzene rings is 2. The third-order valence-corrected chi connectivity index (χ3v) is 3.64. The molecule has 0 spiro atoms. The van der Waals surface area contributed by atoms with Crippen LogP contribution in [-0.2, 0) is 4.79 Å². The Labute approximate surface area is 161 Å². The highest BCUT2D eigenvalue weighted by Gasteiger charge is 2.11. The van der Waals surface area contributed by atoms with E-state index < -0.39 is 17.6 Å². The Balaban J connectivity index is 1.94. The van der Waals surface area contributed by atoms with Gasteiger partial charge in [-0.3, -0.25) is 9.59 Å². The van der Waals surface area contributed by atoms with E-state index in [1.807, 2.05) is 0 Å². The van der Waals surface area contributed by atoms with Gasteiger partial charge in [0.1, 0.15) is 11.6 Å².